The lowest BCUT2D eigenvalue weighted by atomic mass is 9.76. The second kappa shape index (κ2) is 4.95. The van der Waals surface area contributed by atoms with Crippen LogP contribution in [0.4, 0.5) is 0 Å². The van der Waals surface area contributed by atoms with Gasteiger partial charge in [0.2, 0.25) is 0 Å². The van der Waals surface area contributed by atoms with E-state index >= 15 is 0 Å². The Morgan fingerprint density at radius 1 is 0.913 bits per heavy atom. The predicted molar refractivity (Wildman–Crippen MR) is 92.4 cm³/mol. The third kappa shape index (κ3) is 1.99. The fourth-order valence-electron chi connectivity index (χ4n) is 7.75. The summed E-state index contributed by atoms with van der Waals surface area (Å²) in [6, 6.07) is 3.59. The first-order chi connectivity index (χ1) is 11.3. The van der Waals surface area contributed by atoms with E-state index in [0.29, 0.717) is 5.54 Å². The molecule has 4 saturated heterocycles. The Labute approximate surface area is 141 Å². The van der Waals surface area contributed by atoms with Crippen LogP contribution in [0.2, 0.25) is 0 Å². The summed E-state index contributed by atoms with van der Waals surface area (Å²) < 4.78 is 0. The van der Waals surface area contributed by atoms with Crippen LogP contribution < -0.4 is 5.32 Å². The van der Waals surface area contributed by atoms with Crippen molar-refractivity contribution in [2.45, 2.75) is 93.9 Å². The lowest BCUT2D eigenvalue weighted by Crippen LogP contribution is -2.62. The number of piperidine rings is 4. The van der Waals surface area contributed by atoms with Crippen molar-refractivity contribution in [1.82, 2.24) is 15.1 Å². The third-order valence-electron chi connectivity index (χ3n) is 8.88. The topological polar surface area (TPSA) is 18.5 Å². The van der Waals surface area contributed by atoms with Gasteiger partial charge in [0.1, 0.15) is 0 Å². The molecule has 23 heavy (non-hydrogen) atoms. The predicted octanol–water partition coefficient (Wildman–Crippen LogP) is 2.61. The molecule has 0 spiro atoms. The Hall–Kier alpha value is -0.120. The normalized spacial score (nSPS) is 55.8. The van der Waals surface area contributed by atoms with E-state index in [2.05, 4.69) is 15.1 Å². The summed E-state index contributed by atoms with van der Waals surface area (Å²) in [6.45, 7) is 4.14. The van der Waals surface area contributed by atoms with E-state index in [1.165, 1.54) is 83.8 Å². The van der Waals surface area contributed by atoms with Gasteiger partial charge in [-0.15, -0.1) is 0 Å². The van der Waals surface area contributed by atoms with Crippen molar-refractivity contribution in [3.8, 4) is 0 Å². The first kappa shape index (κ1) is 14.1. The molecule has 6 bridgehead atoms. The van der Waals surface area contributed by atoms with Gasteiger partial charge in [0.05, 0.1) is 0 Å². The van der Waals surface area contributed by atoms with Crippen LogP contribution in [0.1, 0.15) is 64.2 Å². The van der Waals surface area contributed by atoms with Gasteiger partial charge in [-0.2, -0.15) is 0 Å². The summed E-state index contributed by atoms with van der Waals surface area (Å²) in [4.78, 5) is 6.06. The number of fused-ring (bicyclic) bond motifs is 8. The Kier molecular flexibility index (Phi) is 3.04. The molecule has 3 saturated carbocycles. The maximum absolute atomic E-state index is 3.86. The Balaban J connectivity index is 1.24. The summed E-state index contributed by atoms with van der Waals surface area (Å²) in [6.07, 6.45) is 15.0. The minimum atomic E-state index is 0.587. The van der Waals surface area contributed by atoms with E-state index in [1.54, 1.807) is 0 Å². The molecule has 0 aromatic heterocycles. The molecule has 0 radical (unpaired) electrons. The molecule has 4 heterocycles. The minimum Gasteiger partial charge on any atom is -0.312 e. The van der Waals surface area contributed by atoms with Gasteiger partial charge >= 0.3 is 0 Å². The highest BCUT2D eigenvalue weighted by Crippen LogP contribution is 2.52. The Morgan fingerprint density at radius 3 is 2.65 bits per heavy atom. The van der Waals surface area contributed by atoms with Crippen molar-refractivity contribution in [2.75, 3.05) is 19.6 Å². The lowest BCUT2D eigenvalue weighted by molar-refractivity contribution is -0.0462. The third-order valence-corrected chi connectivity index (χ3v) is 8.88. The van der Waals surface area contributed by atoms with Gasteiger partial charge in [0.25, 0.3) is 0 Å². The fraction of sp³-hybridized carbons (Fsp3) is 1.00. The summed E-state index contributed by atoms with van der Waals surface area (Å²) >= 11 is 0. The standard InChI is InChI=1S/C20H33N3/c1-5-17-6-2-14(1)12-23(17)20-8-7-18(10-20)22(13-20)19-11-21-16-4-3-15(19)9-16/h14-19,21H,1-13H2. The number of hydrogen-bond acceptors (Lipinski definition) is 3. The molecule has 1 N–H and O–H groups in total. The van der Waals surface area contributed by atoms with Crippen LogP contribution in [0.25, 0.3) is 0 Å². The average Bonchev–Trinajstić information content (AvgIpc) is 3.31. The lowest BCUT2D eigenvalue weighted by Gasteiger charge is -2.54. The van der Waals surface area contributed by atoms with Gasteiger partial charge in [-0.05, 0) is 76.0 Å². The van der Waals surface area contributed by atoms with Crippen molar-refractivity contribution < 1.29 is 0 Å². The van der Waals surface area contributed by atoms with E-state index in [9.17, 15) is 0 Å². The molecule has 128 valence electrons. The highest BCUT2D eigenvalue weighted by atomic mass is 15.4. The van der Waals surface area contributed by atoms with Crippen molar-refractivity contribution in [2.24, 2.45) is 11.8 Å². The van der Waals surface area contributed by atoms with Crippen LogP contribution in [0.15, 0.2) is 0 Å². The van der Waals surface area contributed by atoms with Gasteiger partial charge in [0.15, 0.2) is 0 Å². The van der Waals surface area contributed by atoms with E-state index in [4.69, 9.17) is 0 Å². The van der Waals surface area contributed by atoms with Crippen LogP contribution in [0.3, 0.4) is 0 Å². The number of nitrogens with zero attached hydrogens (tertiary/aromatic N) is 2. The SMILES string of the molecule is C1CC2CCC1CN2C12CCC(C1)N(C1CNC3CCC1C3)C2. The smallest absolute Gasteiger partial charge is 0.0355 e. The van der Waals surface area contributed by atoms with Crippen molar-refractivity contribution in [3.63, 3.8) is 0 Å². The molecule has 7 rings (SSSR count). The molecule has 0 aromatic carbocycles. The van der Waals surface area contributed by atoms with Crippen molar-refractivity contribution >= 4 is 0 Å². The van der Waals surface area contributed by atoms with Gasteiger partial charge in [-0.1, -0.05) is 0 Å². The highest BCUT2D eigenvalue weighted by Gasteiger charge is 2.58. The van der Waals surface area contributed by atoms with Crippen molar-refractivity contribution in [1.29, 1.82) is 0 Å². The molecule has 0 amide bonds. The minimum absolute atomic E-state index is 0.587. The molecular formula is C20H33N3. The van der Waals surface area contributed by atoms with Gasteiger partial charge in [0, 0.05) is 49.3 Å². The molecule has 3 nitrogen and oxygen atoms in total. The molecule has 7 aliphatic rings. The summed E-state index contributed by atoms with van der Waals surface area (Å²) in [5.74, 6) is 2.05. The first-order valence-corrected chi connectivity index (χ1v) is 10.6. The Bertz CT molecular complexity index is 485. The largest absolute Gasteiger partial charge is 0.312 e. The summed E-state index contributed by atoms with van der Waals surface area (Å²) in [5, 5.41) is 3.86. The summed E-state index contributed by atoms with van der Waals surface area (Å²) in [7, 11) is 0. The first-order valence-electron chi connectivity index (χ1n) is 10.6. The molecule has 0 aromatic rings. The van der Waals surface area contributed by atoms with Crippen LogP contribution in [0.5, 0.6) is 0 Å². The maximum atomic E-state index is 3.86. The summed E-state index contributed by atoms with van der Waals surface area (Å²) in [5.41, 5.74) is 0.587. The number of likely N-dealkylation sites (tertiary alicyclic amines) is 1. The molecule has 3 heteroatoms. The average molecular weight is 316 g/mol. The molecular weight excluding hydrogens is 282 g/mol. The number of rotatable bonds is 2. The maximum Gasteiger partial charge on any atom is 0.0355 e. The van der Waals surface area contributed by atoms with E-state index in [1.807, 2.05) is 0 Å². The molecule has 5 atom stereocenters. The van der Waals surface area contributed by atoms with Crippen LogP contribution in [-0.4, -0.2) is 59.1 Å². The van der Waals surface area contributed by atoms with Gasteiger partial charge < -0.3 is 5.32 Å². The van der Waals surface area contributed by atoms with E-state index in [-0.39, 0.29) is 0 Å². The molecule has 5 unspecified atom stereocenters. The zero-order valence-electron chi connectivity index (χ0n) is 14.6. The van der Waals surface area contributed by atoms with E-state index in [0.717, 1.165) is 36.0 Å². The fourth-order valence-corrected chi connectivity index (χ4v) is 7.75. The van der Waals surface area contributed by atoms with Crippen LogP contribution >= 0.6 is 0 Å². The second-order valence-electron chi connectivity index (χ2n) is 9.87. The highest BCUT2D eigenvalue weighted by molar-refractivity contribution is 5.14. The quantitative estimate of drug-likeness (QED) is 0.845. The van der Waals surface area contributed by atoms with Crippen LogP contribution in [-0.2, 0) is 0 Å². The Morgan fingerprint density at radius 2 is 1.83 bits per heavy atom. The molecule has 3 aliphatic carbocycles. The van der Waals surface area contributed by atoms with Crippen molar-refractivity contribution in [3.05, 3.63) is 0 Å². The monoisotopic (exact) mass is 315 g/mol. The second-order valence-corrected chi connectivity index (χ2v) is 9.87. The zero-order chi connectivity index (χ0) is 15.0. The number of nitrogens with one attached hydrogen (secondary N) is 1. The van der Waals surface area contributed by atoms with Crippen LogP contribution in [0, 0.1) is 11.8 Å². The zero-order valence-corrected chi connectivity index (χ0v) is 14.6. The molecule has 4 aliphatic heterocycles. The van der Waals surface area contributed by atoms with Gasteiger partial charge in [-0.3, -0.25) is 9.80 Å². The van der Waals surface area contributed by atoms with Gasteiger partial charge in [-0.25, -0.2) is 0 Å². The number of hydrogen-bond donors (Lipinski definition) is 1. The van der Waals surface area contributed by atoms with E-state index < -0.39 is 0 Å². The molecule has 7 fully saturated rings.